The molecule has 3 amide bonds. The number of rotatable bonds is 5. The molecule has 5 saturated carbocycles. The Kier molecular flexibility index (Phi) is 4.63. The second-order valence-corrected chi connectivity index (χ2v) is 10.3. The number of carbonyl (C=O) groups is 3. The van der Waals surface area contributed by atoms with Gasteiger partial charge in [-0.25, -0.2) is 0 Å². The Balaban J connectivity index is 1.09. The lowest BCUT2D eigenvalue weighted by Gasteiger charge is -2.55. The Morgan fingerprint density at radius 3 is 1.96 bits per heavy atom. The van der Waals surface area contributed by atoms with Crippen molar-refractivity contribution in [1.29, 1.82) is 0 Å². The van der Waals surface area contributed by atoms with E-state index in [9.17, 15) is 14.4 Å². The molecular formula is C22H33N3O3. The van der Waals surface area contributed by atoms with Crippen LogP contribution in [0.25, 0.3) is 0 Å². The highest BCUT2D eigenvalue weighted by atomic mass is 16.2. The fourth-order valence-corrected chi connectivity index (χ4v) is 6.78. The Bertz CT molecular complexity index is 629. The summed E-state index contributed by atoms with van der Waals surface area (Å²) in [5.41, 5.74) is -0.192. The zero-order valence-corrected chi connectivity index (χ0v) is 16.8. The number of carbonyl (C=O) groups excluding carboxylic acids is 3. The molecule has 0 atom stereocenters. The molecule has 4 bridgehead atoms. The third-order valence-electron chi connectivity index (χ3n) is 8.06. The summed E-state index contributed by atoms with van der Waals surface area (Å²) in [5.74, 6) is 2.50. The molecule has 2 N–H and O–H groups in total. The van der Waals surface area contributed by atoms with Crippen molar-refractivity contribution in [1.82, 2.24) is 15.5 Å². The van der Waals surface area contributed by atoms with Gasteiger partial charge in [-0.2, -0.15) is 0 Å². The van der Waals surface area contributed by atoms with Crippen LogP contribution in [-0.2, 0) is 14.4 Å². The van der Waals surface area contributed by atoms with Gasteiger partial charge < -0.3 is 15.5 Å². The van der Waals surface area contributed by atoms with Gasteiger partial charge in [0, 0.05) is 30.5 Å². The minimum absolute atomic E-state index is 0.000806. The Hall–Kier alpha value is -1.59. The molecule has 1 heterocycles. The van der Waals surface area contributed by atoms with Gasteiger partial charge in [0.15, 0.2) is 0 Å². The topological polar surface area (TPSA) is 78.5 Å². The van der Waals surface area contributed by atoms with Gasteiger partial charge in [0.05, 0.1) is 6.54 Å². The number of hydrogen-bond acceptors (Lipinski definition) is 3. The normalized spacial score (nSPS) is 37.0. The molecule has 0 unspecified atom stereocenters. The number of piperidine rings is 1. The quantitative estimate of drug-likeness (QED) is 0.756. The van der Waals surface area contributed by atoms with Crippen molar-refractivity contribution in [3.05, 3.63) is 0 Å². The van der Waals surface area contributed by atoms with E-state index in [1.54, 1.807) is 0 Å². The first kappa shape index (κ1) is 18.4. The predicted molar refractivity (Wildman–Crippen MR) is 104 cm³/mol. The summed E-state index contributed by atoms with van der Waals surface area (Å²) in [7, 11) is 0. The van der Waals surface area contributed by atoms with Crippen LogP contribution in [-0.4, -0.2) is 48.3 Å². The molecule has 154 valence electrons. The first-order chi connectivity index (χ1) is 13.5. The number of hydrogen-bond donors (Lipinski definition) is 2. The van der Waals surface area contributed by atoms with Crippen molar-refractivity contribution in [2.75, 3.05) is 19.6 Å². The minimum Gasteiger partial charge on any atom is -0.353 e. The van der Waals surface area contributed by atoms with Gasteiger partial charge in [-0.05, 0) is 82.0 Å². The second kappa shape index (κ2) is 7.03. The Morgan fingerprint density at radius 1 is 0.857 bits per heavy atom. The molecule has 6 heteroatoms. The smallest absolute Gasteiger partial charge is 0.241 e. The van der Waals surface area contributed by atoms with E-state index in [-0.39, 0.29) is 35.6 Å². The van der Waals surface area contributed by atoms with Crippen LogP contribution in [0.3, 0.4) is 0 Å². The van der Waals surface area contributed by atoms with Crippen LogP contribution in [0, 0.1) is 29.1 Å². The first-order valence-corrected chi connectivity index (χ1v) is 11.4. The molecule has 6 fully saturated rings. The number of amides is 3. The van der Waals surface area contributed by atoms with Crippen molar-refractivity contribution in [3.63, 3.8) is 0 Å². The lowest BCUT2D eigenvalue weighted by Crippen LogP contribution is -2.55. The summed E-state index contributed by atoms with van der Waals surface area (Å²) in [5, 5.41) is 6.07. The third kappa shape index (κ3) is 3.55. The standard InChI is InChI=1S/C22H33N3O3/c26-19(25-5-3-17(4-6-25)20(27)24-18-1-2-18)13-23-21(28)22-10-14-7-15(11-22)9-16(8-14)12-22/h14-18H,1-13H2,(H,23,28)(H,24,27). The summed E-state index contributed by atoms with van der Waals surface area (Å²) in [4.78, 5) is 39.6. The molecule has 1 saturated heterocycles. The molecule has 6 rings (SSSR count). The largest absolute Gasteiger partial charge is 0.353 e. The summed E-state index contributed by atoms with van der Waals surface area (Å²) in [6.07, 6.45) is 10.7. The van der Waals surface area contributed by atoms with Crippen LogP contribution in [0.15, 0.2) is 0 Å². The average molecular weight is 388 g/mol. The van der Waals surface area contributed by atoms with Crippen molar-refractivity contribution < 1.29 is 14.4 Å². The molecule has 0 aromatic heterocycles. The fourth-order valence-electron chi connectivity index (χ4n) is 6.78. The number of likely N-dealkylation sites (tertiary alicyclic amines) is 1. The van der Waals surface area contributed by atoms with E-state index < -0.39 is 0 Å². The highest BCUT2D eigenvalue weighted by molar-refractivity contribution is 5.88. The number of nitrogens with one attached hydrogen (secondary N) is 2. The maximum atomic E-state index is 13.0. The van der Waals surface area contributed by atoms with Gasteiger partial charge in [0.2, 0.25) is 17.7 Å². The third-order valence-corrected chi connectivity index (χ3v) is 8.06. The van der Waals surface area contributed by atoms with Crippen molar-refractivity contribution in [2.45, 2.75) is 70.3 Å². The van der Waals surface area contributed by atoms with E-state index in [1.807, 2.05) is 4.90 Å². The lowest BCUT2D eigenvalue weighted by molar-refractivity contribution is -0.148. The zero-order chi connectivity index (χ0) is 19.3. The van der Waals surface area contributed by atoms with Crippen LogP contribution in [0.5, 0.6) is 0 Å². The van der Waals surface area contributed by atoms with Gasteiger partial charge in [0.25, 0.3) is 0 Å². The van der Waals surface area contributed by atoms with Gasteiger partial charge in [-0.3, -0.25) is 14.4 Å². The van der Waals surface area contributed by atoms with E-state index in [0.717, 1.165) is 62.7 Å². The molecule has 0 radical (unpaired) electrons. The highest BCUT2D eigenvalue weighted by Crippen LogP contribution is 2.60. The average Bonchev–Trinajstić information content (AvgIpc) is 3.49. The van der Waals surface area contributed by atoms with Crippen LogP contribution >= 0.6 is 0 Å². The second-order valence-electron chi connectivity index (χ2n) is 10.3. The zero-order valence-electron chi connectivity index (χ0n) is 16.8. The molecule has 0 aromatic carbocycles. The van der Waals surface area contributed by atoms with E-state index in [2.05, 4.69) is 10.6 Å². The Labute approximate surface area is 167 Å². The van der Waals surface area contributed by atoms with Crippen LogP contribution < -0.4 is 10.6 Å². The predicted octanol–water partition coefficient (Wildman–Crippen LogP) is 1.84. The highest BCUT2D eigenvalue weighted by Gasteiger charge is 2.54. The van der Waals surface area contributed by atoms with Crippen molar-refractivity contribution >= 4 is 17.7 Å². The van der Waals surface area contributed by atoms with E-state index in [1.165, 1.54) is 19.3 Å². The van der Waals surface area contributed by atoms with Crippen molar-refractivity contribution in [3.8, 4) is 0 Å². The molecule has 28 heavy (non-hydrogen) atoms. The van der Waals surface area contributed by atoms with Crippen molar-refractivity contribution in [2.24, 2.45) is 29.1 Å². The lowest BCUT2D eigenvalue weighted by atomic mass is 9.49. The monoisotopic (exact) mass is 387 g/mol. The molecule has 0 spiro atoms. The molecule has 0 aromatic rings. The molecular weight excluding hydrogens is 354 g/mol. The molecule has 6 nitrogen and oxygen atoms in total. The maximum Gasteiger partial charge on any atom is 0.241 e. The molecule has 6 aliphatic rings. The summed E-state index contributed by atoms with van der Waals surface area (Å²) in [6.45, 7) is 1.35. The van der Waals surface area contributed by atoms with Gasteiger partial charge >= 0.3 is 0 Å². The van der Waals surface area contributed by atoms with E-state index in [0.29, 0.717) is 19.1 Å². The number of nitrogens with zero attached hydrogens (tertiary/aromatic N) is 1. The van der Waals surface area contributed by atoms with Gasteiger partial charge in [0.1, 0.15) is 0 Å². The first-order valence-electron chi connectivity index (χ1n) is 11.4. The fraction of sp³-hybridized carbons (Fsp3) is 0.864. The Morgan fingerprint density at radius 2 is 1.43 bits per heavy atom. The van der Waals surface area contributed by atoms with Gasteiger partial charge in [-0.15, -0.1) is 0 Å². The minimum atomic E-state index is -0.192. The van der Waals surface area contributed by atoms with Crippen LogP contribution in [0.2, 0.25) is 0 Å². The molecule has 5 aliphatic carbocycles. The molecule has 1 aliphatic heterocycles. The SMILES string of the molecule is O=C(NC1CC1)C1CCN(C(=O)CNC(=O)C23CC4CC(CC(C4)C2)C3)CC1. The summed E-state index contributed by atoms with van der Waals surface area (Å²) in [6, 6.07) is 0.395. The van der Waals surface area contributed by atoms with E-state index >= 15 is 0 Å². The van der Waals surface area contributed by atoms with E-state index in [4.69, 9.17) is 0 Å². The van der Waals surface area contributed by atoms with Crippen LogP contribution in [0.1, 0.15) is 64.2 Å². The summed E-state index contributed by atoms with van der Waals surface area (Å²) >= 11 is 0. The van der Waals surface area contributed by atoms with Crippen LogP contribution in [0.4, 0.5) is 0 Å². The van der Waals surface area contributed by atoms with Gasteiger partial charge in [-0.1, -0.05) is 0 Å². The summed E-state index contributed by atoms with van der Waals surface area (Å²) < 4.78 is 0. The maximum absolute atomic E-state index is 13.0.